The summed E-state index contributed by atoms with van der Waals surface area (Å²) in [5.74, 6) is 0.870. The van der Waals surface area contributed by atoms with Crippen LogP contribution in [0.25, 0.3) is 0 Å². The van der Waals surface area contributed by atoms with Crippen LogP contribution in [0.2, 0.25) is 0 Å². The van der Waals surface area contributed by atoms with Gasteiger partial charge in [-0.3, -0.25) is 4.79 Å². The minimum Gasteiger partial charge on any atom is -0.294 e. The molecule has 2 aliphatic rings. The van der Waals surface area contributed by atoms with Crippen LogP contribution in [0.15, 0.2) is 47.0 Å². The number of hydrogen-bond donors (Lipinski definition) is 0. The molecule has 2 atom stereocenters. The van der Waals surface area contributed by atoms with Gasteiger partial charge in [0.1, 0.15) is 0 Å². The van der Waals surface area contributed by atoms with E-state index < -0.39 is 0 Å². The Morgan fingerprint density at radius 2 is 2.00 bits per heavy atom. The summed E-state index contributed by atoms with van der Waals surface area (Å²) in [4.78, 5) is 19.2. The van der Waals surface area contributed by atoms with E-state index in [0.29, 0.717) is 18.1 Å². The fraction of sp³-hybridized carbons (Fsp3) is 0.429. The maximum atomic E-state index is 13.2. The second kappa shape index (κ2) is 5.96. The molecule has 0 N–H and O–H groups in total. The molecule has 2 aliphatic carbocycles. The summed E-state index contributed by atoms with van der Waals surface area (Å²) in [6.07, 6.45) is 4.62. The van der Waals surface area contributed by atoms with Gasteiger partial charge in [0.05, 0.1) is 16.6 Å². The first kappa shape index (κ1) is 15.8. The van der Waals surface area contributed by atoms with Crippen molar-refractivity contribution in [3.8, 4) is 0 Å². The van der Waals surface area contributed by atoms with Crippen molar-refractivity contribution in [3.63, 3.8) is 0 Å². The third kappa shape index (κ3) is 2.14. The number of Topliss-reactive ketones (excluding diaryl/α,β-unsaturated/α-hetero) is 1. The van der Waals surface area contributed by atoms with Gasteiger partial charge in [-0.15, -0.1) is 11.3 Å². The van der Waals surface area contributed by atoms with E-state index in [-0.39, 0.29) is 5.41 Å². The van der Waals surface area contributed by atoms with Gasteiger partial charge in [0.2, 0.25) is 0 Å². The highest BCUT2D eigenvalue weighted by atomic mass is 32.1. The molecule has 1 aromatic heterocycles. The van der Waals surface area contributed by atoms with Gasteiger partial charge in [-0.25, -0.2) is 4.98 Å². The number of hydrogen-bond acceptors (Lipinski definition) is 3. The molecule has 2 aromatic rings. The van der Waals surface area contributed by atoms with E-state index >= 15 is 0 Å². The van der Waals surface area contributed by atoms with Gasteiger partial charge in [-0.2, -0.15) is 0 Å². The van der Waals surface area contributed by atoms with E-state index in [1.54, 1.807) is 11.3 Å². The number of fused-ring (bicyclic) bond motifs is 1. The van der Waals surface area contributed by atoms with Crippen LogP contribution in [0.3, 0.4) is 0 Å². The molecule has 3 heteroatoms. The van der Waals surface area contributed by atoms with Crippen LogP contribution < -0.4 is 0 Å². The first-order valence-corrected chi connectivity index (χ1v) is 9.82. The molecular formula is C21H23NOS. The lowest BCUT2D eigenvalue weighted by molar-refractivity contribution is -0.117. The molecule has 0 aliphatic heterocycles. The predicted octanol–water partition coefficient (Wildman–Crippen LogP) is 5.08. The van der Waals surface area contributed by atoms with E-state index in [2.05, 4.69) is 43.1 Å². The van der Waals surface area contributed by atoms with Crippen molar-refractivity contribution in [3.05, 3.63) is 63.1 Å². The number of ketones is 1. The normalized spacial score (nSPS) is 26.2. The fourth-order valence-corrected chi connectivity index (χ4v) is 5.78. The standard InChI is InChI=1S/C21H23NOS/c1-3-14-10-15-12-17-20(24-13-22-17)21(4-2,19(15)18(23)11-14)16-8-6-5-7-9-16/h5-9,13-14H,3-4,10-12H2,1-2H3/t14-,21-/m1/s1. The summed E-state index contributed by atoms with van der Waals surface area (Å²) >= 11 is 1.72. The van der Waals surface area contributed by atoms with Gasteiger partial charge >= 0.3 is 0 Å². The SMILES string of the molecule is CC[C@H]1CC(=O)C2=C(Cc3ncsc3[C@]2(CC)c2ccccc2)C1. The maximum absolute atomic E-state index is 13.2. The first-order chi connectivity index (χ1) is 11.7. The highest BCUT2D eigenvalue weighted by Gasteiger charge is 2.48. The smallest absolute Gasteiger partial charge is 0.160 e. The minimum absolute atomic E-state index is 0.291. The van der Waals surface area contributed by atoms with Crippen LogP contribution >= 0.6 is 11.3 Å². The van der Waals surface area contributed by atoms with Gasteiger partial charge < -0.3 is 0 Å². The molecule has 0 fully saturated rings. The summed E-state index contributed by atoms with van der Waals surface area (Å²) in [6.45, 7) is 4.41. The Morgan fingerprint density at radius 1 is 1.21 bits per heavy atom. The largest absolute Gasteiger partial charge is 0.294 e. The van der Waals surface area contributed by atoms with Gasteiger partial charge in [-0.05, 0) is 24.3 Å². The van der Waals surface area contributed by atoms with Crippen LogP contribution in [0.1, 0.15) is 55.7 Å². The molecule has 0 saturated carbocycles. The summed E-state index contributed by atoms with van der Waals surface area (Å²) in [5, 5.41) is 0. The molecule has 0 radical (unpaired) electrons. The zero-order valence-electron chi connectivity index (χ0n) is 14.3. The first-order valence-electron chi connectivity index (χ1n) is 8.94. The van der Waals surface area contributed by atoms with Crippen LogP contribution in [0.5, 0.6) is 0 Å². The molecule has 4 rings (SSSR count). The van der Waals surface area contributed by atoms with Crippen molar-refractivity contribution in [2.45, 2.75) is 51.4 Å². The molecule has 2 nitrogen and oxygen atoms in total. The van der Waals surface area contributed by atoms with Crippen molar-refractivity contribution in [1.82, 2.24) is 4.98 Å². The number of rotatable bonds is 3. The zero-order chi connectivity index (χ0) is 16.7. The minimum atomic E-state index is -0.291. The van der Waals surface area contributed by atoms with E-state index in [4.69, 9.17) is 0 Å². The molecule has 1 heterocycles. The maximum Gasteiger partial charge on any atom is 0.160 e. The van der Waals surface area contributed by atoms with Crippen molar-refractivity contribution in [1.29, 1.82) is 0 Å². The summed E-state index contributed by atoms with van der Waals surface area (Å²) in [6, 6.07) is 10.6. The molecular weight excluding hydrogens is 314 g/mol. The van der Waals surface area contributed by atoms with Crippen LogP contribution in [-0.2, 0) is 16.6 Å². The fourth-order valence-electron chi connectivity index (χ4n) is 4.67. The number of benzene rings is 1. The van der Waals surface area contributed by atoms with E-state index in [0.717, 1.165) is 31.3 Å². The van der Waals surface area contributed by atoms with Gasteiger partial charge in [-0.1, -0.05) is 56.2 Å². The Morgan fingerprint density at radius 3 is 2.71 bits per heavy atom. The van der Waals surface area contributed by atoms with Crippen molar-refractivity contribution in [2.24, 2.45) is 5.92 Å². The Hall–Kier alpha value is -1.74. The zero-order valence-corrected chi connectivity index (χ0v) is 15.2. The van der Waals surface area contributed by atoms with Crippen molar-refractivity contribution < 1.29 is 4.79 Å². The highest BCUT2D eigenvalue weighted by Crippen LogP contribution is 2.53. The molecule has 24 heavy (non-hydrogen) atoms. The Balaban J connectivity index is 1.99. The molecule has 1 aromatic carbocycles. The molecule has 0 spiro atoms. The quantitative estimate of drug-likeness (QED) is 0.781. The lowest BCUT2D eigenvalue weighted by Crippen LogP contribution is -2.40. The van der Waals surface area contributed by atoms with E-state index in [1.807, 2.05) is 11.6 Å². The van der Waals surface area contributed by atoms with Crippen molar-refractivity contribution >= 4 is 17.1 Å². The predicted molar refractivity (Wildman–Crippen MR) is 98.4 cm³/mol. The monoisotopic (exact) mass is 337 g/mol. The molecule has 0 amide bonds. The van der Waals surface area contributed by atoms with Crippen LogP contribution in [0, 0.1) is 5.92 Å². The number of nitrogens with zero attached hydrogens (tertiary/aromatic N) is 1. The van der Waals surface area contributed by atoms with E-state index in [1.165, 1.54) is 21.7 Å². The molecule has 124 valence electrons. The topological polar surface area (TPSA) is 30.0 Å². The number of carbonyl (C=O) groups excluding carboxylic acids is 1. The molecule has 0 bridgehead atoms. The Kier molecular flexibility index (Phi) is 3.92. The summed E-state index contributed by atoms with van der Waals surface area (Å²) in [5.41, 5.74) is 6.54. The number of allylic oxidation sites excluding steroid dienone is 2. The number of thiazole rings is 1. The van der Waals surface area contributed by atoms with E-state index in [9.17, 15) is 4.79 Å². The Bertz CT molecular complexity index is 804. The molecule has 0 unspecified atom stereocenters. The lowest BCUT2D eigenvalue weighted by Gasteiger charge is -2.42. The van der Waals surface area contributed by atoms with Gasteiger partial charge in [0.25, 0.3) is 0 Å². The summed E-state index contributed by atoms with van der Waals surface area (Å²) < 4.78 is 0. The highest BCUT2D eigenvalue weighted by molar-refractivity contribution is 7.10. The Labute approximate surface area is 147 Å². The second-order valence-electron chi connectivity index (χ2n) is 7.01. The van der Waals surface area contributed by atoms with Crippen molar-refractivity contribution in [2.75, 3.05) is 0 Å². The van der Waals surface area contributed by atoms with Crippen LogP contribution in [-0.4, -0.2) is 10.8 Å². The molecule has 0 saturated heterocycles. The van der Waals surface area contributed by atoms with Crippen LogP contribution in [0.4, 0.5) is 0 Å². The average Bonchev–Trinajstić information content (AvgIpc) is 3.09. The number of aromatic nitrogens is 1. The lowest BCUT2D eigenvalue weighted by atomic mass is 9.61. The number of carbonyl (C=O) groups is 1. The average molecular weight is 337 g/mol. The van der Waals surface area contributed by atoms with Gasteiger partial charge in [0, 0.05) is 23.3 Å². The third-order valence-electron chi connectivity index (χ3n) is 5.85. The summed E-state index contributed by atoms with van der Waals surface area (Å²) in [7, 11) is 0. The van der Waals surface area contributed by atoms with Gasteiger partial charge in [0.15, 0.2) is 5.78 Å². The third-order valence-corrected chi connectivity index (χ3v) is 6.88. The second-order valence-corrected chi connectivity index (χ2v) is 7.87.